The van der Waals surface area contributed by atoms with Gasteiger partial charge in [0, 0.05) is 47.1 Å². The van der Waals surface area contributed by atoms with Crippen molar-refractivity contribution in [3.63, 3.8) is 0 Å². The van der Waals surface area contributed by atoms with Crippen LogP contribution in [0.25, 0.3) is 10.9 Å². The van der Waals surface area contributed by atoms with E-state index in [0.717, 1.165) is 5.52 Å². The number of nitrogens with one attached hydrogen (secondary N) is 1. The summed E-state index contributed by atoms with van der Waals surface area (Å²) in [5.41, 5.74) is 6.92. The highest BCUT2D eigenvalue weighted by Crippen LogP contribution is 2.35. The second kappa shape index (κ2) is 16.2. The molecule has 1 aromatic heterocycles. The van der Waals surface area contributed by atoms with Gasteiger partial charge in [0.15, 0.2) is 51.5 Å². The first-order valence-electron chi connectivity index (χ1n) is 13.0. The van der Waals surface area contributed by atoms with E-state index in [-0.39, 0.29) is 28.2 Å². The van der Waals surface area contributed by atoms with Gasteiger partial charge in [-0.15, -0.1) is 0 Å². The molecule has 14 heteroatoms. The Morgan fingerprint density at radius 3 is 1.58 bits per heavy atom. The van der Waals surface area contributed by atoms with Crippen LogP contribution in [-0.2, 0) is 0 Å². The molecule has 0 radical (unpaired) electrons. The summed E-state index contributed by atoms with van der Waals surface area (Å²) in [7, 11) is 8.90. The molecule has 3 N–H and O–H groups in total. The van der Waals surface area contributed by atoms with Crippen molar-refractivity contribution in [2.45, 2.75) is 13.8 Å². The number of carbonyl (C=O) groups excluding carboxylic acids is 2. The fraction of sp³-hybridized carbons (Fsp3) is 0.258. The maximum absolute atomic E-state index is 11.5. The summed E-state index contributed by atoms with van der Waals surface area (Å²) in [6.07, 6.45) is 1.61. The zero-order valence-corrected chi connectivity index (χ0v) is 26.1. The first-order chi connectivity index (χ1) is 21.4. The molecule has 0 saturated carbocycles. The minimum Gasteiger partial charge on any atom is -0.493 e. The van der Waals surface area contributed by atoms with E-state index >= 15 is 0 Å². The molecule has 0 aliphatic heterocycles. The number of anilines is 1. The van der Waals surface area contributed by atoms with Gasteiger partial charge in [0.2, 0.25) is 0 Å². The Morgan fingerprint density at radius 1 is 0.689 bits per heavy atom. The van der Waals surface area contributed by atoms with Gasteiger partial charge in [-0.25, -0.2) is 0 Å². The Bertz CT molecular complexity index is 1710. The number of nitro groups is 1. The number of methoxy groups -OCH3 is 6. The number of rotatable bonds is 9. The van der Waals surface area contributed by atoms with Crippen LogP contribution in [0.4, 0.5) is 11.4 Å². The Hall–Kier alpha value is -5.79. The largest absolute Gasteiger partial charge is 0.493 e. The smallest absolute Gasteiger partial charge is 0.284 e. The SMILES string of the molecule is COc1cc(C(C)=O)c([N+](=O)[O-])cc1OC.COc1cc(N)c(C(C)=O)cc1OC.COc1cc2[nH]ccc(=O)c2cc1OC. The third-order valence-corrected chi connectivity index (χ3v) is 6.28. The number of Topliss-reactive ketones (excluding diaryl/α,β-unsaturated/α-hetero) is 2. The molecule has 4 aromatic rings. The molecule has 45 heavy (non-hydrogen) atoms. The first-order valence-corrected chi connectivity index (χ1v) is 13.0. The van der Waals surface area contributed by atoms with E-state index in [2.05, 4.69) is 4.98 Å². The Balaban J connectivity index is 0.000000236. The van der Waals surface area contributed by atoms with Crippen molar-refractivity contribution in [1.29, 1.82) is 0 Å². The van der Waals surface area contributed by atoms with Crippen LogP contribution in [0.2, 0.25) is 0 Å². The summed E-state index contributed by atoms with van der Waals surface area (Å²) < 4.78 is 30.2. The molecular formula is C31H35N3O11. The zero-order chi connectivity index (χ0) is 33.8. The summed E-state index contributed by atoms with van der Waals surface area (Å²) in [6.45, 7) is 2.71. The second-order valence-electron chi connectivity index (χ2n) is 8.98. The maximum atomic E-state index is 11.5. The molecule has 0 spiro atoms. The number of ether oxygens (including phenoxy) is 6. The molecule has 240 valence electrons. The number of H-pyrrole nitrogens is 1. The van der Waals surface area contributed by atoms with Crippen molar-refractivity contribution >= 4 is 33.8 Å². The maximum Gasteiger partial charge on any atom is 0.284 e. The molecule has 0 aliphatic rings. The van der Waals surface area contributed by atoms with Gasteiger partial charge in [0.25, 0.3) is 5.69 Å². The number of nitrogen functional groups attached to an aromatic ring is 1. The van der Waals surface area contributed by atoms with E-state index in [1.54, 1.807) is 44.7 Å². The second-order valence-corrected chi connectivity index (χ2v) is 8.98. The quantitative estimate of drug-likeness (QED) is 0.111. The fourth-order valence-electron chi connectivity index (χ4n) is 4.00. The lowest BCUT2D eigenvalue weighted by molar-refractivity contribution is -0.385. The number of carbonyl (C=O) groups is 2. The number of aromatic nitrogens is 1. The summed E-state index contributed by atoms with van der Waals surface area (Å²) in [5, 5.41) is 11.3. The number of pyridine rings is 1. The van der Waals surface area contributed by atoms with Gasteiger partial charge in [0.1, 0.15) is 0 Å². The van der Waals surface area contributed by atoms with Crippen molar-refractivity contribution in [2.24, 2.45) is 0 Å². The van der Waals surface area contributed by atoms with Gasteiger partial charge in [-0.2, -0.15) is 0 Å². The molecule has 0 unspecified atom stereocenters. The molecule has 1 heterocycles. The van der Waals surface area contributed by atoms with Gasteiger partial charge in [-0.3, -0.25) is 24.5 Å². The minimum atomic E-state index is -0.626. The molecule has 0 atom stereocenters. The number of nitro benzene ring substituents is 1. The van der Waals surface area contributed by atoms with E-state index in [1.165, 1.54) is 60.5 Å². The van der Waals surface area contributed by atoms with Crippen LogP contribution in [0.15, 0.2) is 53.5 Å². The van der Waals surface area contributed by atoms with Crippen molar-refractivity contribution in [3.05, 3.63) is 80.1 Å². The van der Waals surface area contributed by atoms with Crippen LogP contribution in [-0.4, -0.2) is 64.1 Å². The van der Waals surface area contributed by atoms with Crippen LogP contribution < -0.4 is 39.6 Å². The van der Waals surface area contributed by atoms with E-state index in [1.807, 2.05) is 0 Å². The van der Waals surface area contributed by atoms with Crippen molar-refractivity contribution in [3.8, 4) is 34.5 Å². The lowest BCUT2D eigenvalue weighted by Crippen LogP contribution is -2.02. The van der Waals surface area contributed by atoms with Crippen LogP contribution in [0.5, 0.6) is 34.5 Å². The number of benzene rings is 3. The van der Waals surface area contributed by atoms with Crippen LogP contribution in [0.1, 0.15) is 34.6 Å². The number of fused-ring (bicyclic) bond motifs is 1. The molecule has 0 saturated heterocycles. The number of nitrogens with zero attached hydrogens (tertiary/aromatic N) is 1. The zero-order valence-electron chi connectivity index (χ0n) is 26.1. The average molecular weight is 626 g/mol. The van der Waals surface area contributed by atoms with Crippen LogP contribution >= 0.6 is 0 Å². The molecule has 0 aliphatic carbocycles. The van der Waals surface area contributed by atoms with Crippen molar-refractivity contribution < 1.29 is 42.9 Å². The Kier molecular flexibility index (Phi) is 12.7. The fourth-order valence-corrected chi connectivity index (χ4v) is 4.00. The highest BCUT2D eigenvalue weighted by atomic mass is 16.6. The van der Waals surface area contributed by atoms with Gasteiger partial charge in [-0.05, 0) is 26.0 Å². The molecule has 4 rings (SSSR count). The minimum absolute atomic E-state index is 0.00245. The predicted molar refractivity (Wildman–Crippen MR) is 168 cm³/mol. The normalized spacial score (nSPS) is 9.87. The van der Waals surface area contributed by atoms with Gasteiger partial charge >= 0.3 is 0 Å². The Labute approximate surface area is 258 Å². The molecule has 14 nitrogen and oxygen atoms in total. The highest BCUT2D eigenvalue weighted by molar-refractivity contribution is 6.00. The lowest BCUT2D eigenvalue weighted by Gasteiger charge is -2.10. The van der Waals surface area contributed by atoms with E-state index in [4.69, 9.17) is 34.2 Å². The number of hydrogen-bond donors (Lipinski definition) is 2. The van der Waals surface area contributed by atoms with Gasteiger partial charge < -0.3 is 39.1 Å². The number of nitrogens with two attached hydrogens (primary N) is 1. The molecule has 0 amide bonds. The standard InChI is InChI=1S/C11H11NO3.C10H11NO5.C10H13NO3/c1-14-10-5-7-8(6-11(10)15-2)12-4-3-9(7)13;1-6(12)7-4-9(15-2)10(16-3)5-8(7)11(13)14;1-6(12)7-4-9(13-2)10(14-3)5-8(7)11/h3-6H,1-2H3,(H,12,13);4-5H,1-3H3;4-5H,11H2,1-3H3. The van der Waals surface area contributed by atoms with Gasteiger partial charge in [0.05, 0.1) is 64.7 Å². The van der Waals surface area contributed by atoms with Crippen LogP contribution in [0.3, 0.4) is 0 Å². The van der Waals surface area contributed by atoms with E-state index in [0.29, 0.717) is 45.4 Å². The third kappa shape index (κ3) is 8.63. The van der Waals surface area contributed by atoms with Crippen molar-refractivity contribution in [1.82, 2.24) is 4.98 Å². The first kappa shape index (κ1) is 35.4. The Morgan fingerprint density at radius 2 is 1.11 bits per heavy atom. The molecule has 0 bridgehead atoms. The van der Waals surface area contributed by atoms with E-state index in [9.17, 15) is 24.5 Å². The topological polar surface area (TPSA) is 192 Å². The number of ketones is 2. The van der Waals surface area contributed by atoms with Gasteiger partial charge in [-0.1, -0.05) is 0 Å². The number of aromatic amines is 1. The monoisotopic (exact) mass is 625 g/mol. The van der Waals surface area contributed by atoms with Crippen LogP contribution in [0, 0.1) is 10.1 Å². The molecule has 3 aromatic carbocycles. The third-order valence-electron chi connectivity index (χ3n) is 6.28. The molecular weight excluding hydrogens is 590 g/mol. The summed E-state index contributed by atoms with van der Waals surface area (Å²) in [5.74, 6) is 2.21. The molecule has 0 fully saturated rings. The summed E-state index contributed by atoms with van der Waals surface area (Å²) in [6, 6.07) is 10.5. The van der Waals surface area contributed by atoms with E-state index < -0.39 is 10.7 Å². The lowest BCUT2D eigenvalue weighted by atomic mass is 10.1. The predicted octanol–water partition coefficient (Wildman–Crippen LogP) is 4.85. The summed E-state index contributed by atoms with van der Waals surface area (Å²) in [4.78, 5) is 47.0. The number of hydrogen-bond acceptors (Lipinski definition) is 12. The summed E-state index contributed by atoms with van der Waals surface area (Å²) >= 11 is 0. The van der Waals surface area contributed by atoms with Crippen molar-refractivity contribution in [2.75, 3.05) is 48.4 Å². The highest BCUT2D eigenvalue weighted by Gasteiger charge is 2.22. The average Bonchev–Trinajstić information content (AvgIpc) is 3.03.